The van der Waals surface area contributed by atoms with Crippen molar-refractivity contribution in [3.8, 4) is 5.69 Å². The average Bonchev–Trinajstić information content (AvgIpc) is 3.30. The number of hydrogen-bond donors (Lipinski definition) is 0. The van der Waals surface area contributed by atoms with Gasteiger partial charge in [0.2, 0.25) is 0 Å². The number of rotatable bonds is 3. The van der Waals surface area contributed by atoms with E-state index in [1.165, 1.54) is 0 Å². The first kappa shape index (κ1) is 16.6. The van der Waals surface area contributed by atoms with Crippen molar-refractivity contribution in [1.29, 1.82) is 0 Å². The molecule has 1 aromatic carbocycles. The van der Waals surface area contributed by atoms with E-state index in [-0.39, 0.29) is 5.91 Å². The van der Waals surface area contributed by atoms with Crippen LogP contribution >= 0.6 is 0 Å². The lowest BCUT2D eigenvalue weighted by molar-refractivity contribution is 0.0706. The normalized spacial score (nSPS) is 13.9. The molecule has 1 aliphatic rings. The molecule has 4 rings (SSSR count). The molecular formula is C20H23N5O. The van der Waals surface area contributed by atoms with Crippen molar-refractivity contribution in [2.45, 2.75) is 39.8 Å². The lowest BCUT2D eigenvalue weighted by atomic mass is 10.1. The van der Waals surface area contributed by atoms with Crippen molar-refractivity contribution in [3.05, 3.63) is 65.5 Å². The summed E-state index contributed by atoms with van der Waals surface area (Å²) in [7, 11) is 0. The van der Waals surface area contributed by atoms with Gasteiger partial charge in [0.15, 0.2) is 5.82 Å². The van der Waals surface area contributed by atoms with Crippen LogP contribution in [0.5, 0.6) is 0 Å². The number of aromatic nitrogens is 4. The lowest BCUT2D eigenvalue weighted by Gasteiger charge is -2.29. The zero-order chi connectivity index (χ0) is 18.3. The van der Waals surface area contributed by atoms with Gasteiger partial charge in [-0.05, 0) is 31.2 Å². The third-order valence-corrected chi connectivity index (χ3v) is 4.85. The van der Waals surface area contributed by atoms with Gasteiger partial charge in [0.25, 0.3) is 5.91 Å². The predicted octanol–water partition coefficient (Wildman–Crippen LogP) is 3.16. The van der Waals surface area contributed by atoms with Crippen LogP contribution in [-0.2, 0) is 13.1 Å². The average molecular weight is 349 g/mol. The molecule has 0 radical (unpaired) electrons. The third-order valence-electron chi connectivity index (χ3n) is 4.85. The van der Waals surface area contributed by atoms with Crippen LogP contribution in [0.4, 0.5) is 0 Å². The van der Waals surface area contributed by atoms with Crippen molar-refractivity contribution in [2.75, 3.05) is 6.54 Å². The standard InChI is InChI=1S/C20H23N5O/c1-14(2)19-22-21-18-13-24(10-11-25(18)19)20(26)16-12-15(3)6-7-17(16)23-8-4-5-9-23/h4-9,12,14H,10-11,13H2,1-3H3. The Balaban J connectivity index is 1.66. The Morgan fingerprint density at radius 3 is 2.62 bits per heavy atom. The number of amides is 1. The fourth-order valence-electron chi connectivity index (χ4n) is 3.49. The number of nitrogens with zero attached hydrogens (tertiary/aromatic N) is 5. The molecule has 2 aromatic heterocycles. The zero-order valence-corrected chi connectivity index (χ0v) is 15.4. The summed E-state index contributed by atoms with van der Waals surface area (Å²) in [5, 5.41) is 8.62. The van der Waals surface area contributed by atoms with E-state index in [4.69, 9.17) is 0 Å². The number of carbonyl (C=O) groups excluding carboxylic acids is 1. The van der Waals surface area contributed by atoms with Gasteiger partial charge in [-0.1, -0.05) is 25.5 Å². The van der Waals surface area contributed by atoms with Crippen molar-refractivity contribution in [1.82, 2.24) is 24.2 Å². The van der Waals surface area contributed by atoms with E-state index in [1.54, 1.807) is 0 Å². The molecule has 0 aliphatic carbocycles. The summed E-state index contributed by atoms with van der Waals surface area (Å²) in [5.74, 6) is 2.23. The van der Waals surface area contributed by atoms with Crippen LogP contribution in [0.2, 0.25) is 0 Å². The Hall–Kier alpha value is -2.89. The highest BCUT2D eigenvalue weighted by Gasteiger charge is 2.27. The van der Waals surface area contributed by atoms with E-state index in [0.29, 0.717) is 19.0 Å². The number of hydrogen-bond acceptors (Lipinski definition) is 3. The van der Waals surface area contributed by atoms with Crippen LogP contribution in [0.15, 0.2) is 42.7 Å². The van der Waals surface area contributed by atoms with Crippen LogP contribution < -0.4 is 0 Å². The maximum atomic E-state index is 13.3. The first-order valence-corrected chi connectivity index (χ1v) is 9.00. The van der Waals surface area contributed by atoms with Crippen LogP contribution in [0.3, 0.4) is 0 Å². The van der Waals surface area contributed by atoms with Crippen LogP contribution in [0, 0.1) is 6.92 Å². The maximum absolute atomic E-state index is 13.3. The number of carbonyl (C=O) groups is 1. The fraction of sp³-hybridized carbons (Fsp3) is 0.350. The molecule has 0 unspecified atom stereocenters. The number of aryl methyl sites for hydroxylation is 1. The summed E-state index contributed by atoms with van der Waals surface area (Å²) < 4.78 is 4.13. The van der Waals surface area contributed by atoms with Crippen molar-refractivity contribution in [3.63, 3.8) is 0 Å². The molecular weight excluding hydrogens is 326 g/mol. The van der Waals surface area contributed by atoms with E-state index in [1.807, 2.05) is 59.1 Å². The van der Waals surface area contributed by atoms with Gasteiger partial charge in [-0.25, -0.2) is 0 Å². The summed E-state index contributed by atoms with van der Waals surface area (Å²) in [4.78, 5) is 15.1. The number of benzene rings is 1. The second-order valence-corrected chi connectivity index (χ2v) is 7.12. The summed E-state index contributed by atoms with van der Waals surface area (Å²) >= 11 is 0. The van der Waals surface area contributed by atoms with Gasteiger partial charge in [0.05, 0.1) is 17.8 Å². The summed E-state index contributed by atoms with van der Waals surface area (Å²) in [6.45, 7) is 8.15. The van der Waals surface area contributed by atoms with Gasteiger partial charge in [-0.3, -0.25) is 4.79 Å². The topological polar surface area (TPSA) is 56.0 Å². The monoisotopic (exact) mass is 349 g/mol. The SMILES string of the molecule is Cc1ccc(-n2cccc2)c(C(=O)N2CCn3c(nnc3C(C)C)C2)c1. The first-order valence-electron chi connectivity index (χ1n) is 9.00. The maximum Gasteiger partial charge on any atom is 0.256 e. The van der Waals surface area contributed by atoms with Crippen LogP contribution in [-0.4, -0.2) is 36.7 Å². The quantitative estimate of drug-likeness (QED) is 0.730. The lowest BCUT2D eigenvalue weighted by Crippen LogP contribution is -2.39. The van der Waals surface area contributed by atoms with Gasteiger partial charge in [0, 0.05) is 31.4 Å². The molecule has 134 valence electrons. The van der Waals surface area contributed by atoms with E-state index in [0.717, 1.165) is 35.0 Å². The largest absolute Gasteiger partial charge is 0.329 e. The molecule has 0 N–H and O–H groups in total. The summed E-state index contributed by atoms with van der Waals surface area (Å²) in [6, 6.07) is 9.94. The molecule has 0 fully saturated rings. The molecule has 0 saturated carbocycles. The molecule has 0 saturated heterocycles. The molecule has 3 heterocycles. The predicted molar refractivity (Wildman–Crippen MR) is 99.4 cm³/mol. The molecule has 26 heavy (non-hydrogen) atoms. The van der Waals surface area contributed by atoms with Crippen molar-refractivity contribution in [2.24, 2.45) is 0 Å². The fourth-order valence-corrected chi connectivity index (χ4v) is 3.49. The molecule has 0 atom stereocenters. The van der Waals surface area contributed by atoms with E-state index >= 15 is 0 Å². The molecule has 6 nitrogen and oxygen atoms in total. The van der Waals surface area contributed by atoms with Gasteiger partial charge in [-0.2, -0.15) is 0 Å². The number of fused-ring (bicyclic) bond motifs is 1. The highest BCUT2D eigenvalue weighted by atomic mass is 16.2. The van der Waals surface area contributed by atoms with Crippen LogP contribution in [0.1, 0.15) is 47.3 Å². The smallest absolute Gasteiger partial charge is 0.256 e. The summed E-state index contributed by atoms with van der Waals surface area (Å²) in [5.41, 5.74) is 2.70. The Bertz CT molecular complexity index is 939. The molecule has 3 aromatic rings. The van der Waals surface area contributed by atoms with Crippen molar-refractivity contribution >= 4 is 5.91 Å². The Labute approximate surface area is 153 Å². The van der Waals surface area contributed by atoms with Gasteiger partial charge in [0.1, 0.15) is 5.82 Å². The molecule has 1 aliphatic heterocycles. The Morgan fingerprint density at radius 1 is 1.12 bits per heavy atom. The van der Waals surface area contributed by atoms with Crippen LogP contribution in [0.25, 0.3) is 5.69 Å². The molecule has 1 amide bonds. The molecule has 0 bridgehead atoms. The second kappa shape index (κ2) is 6.44. The second-order valence-electron chi connectivity index (χ2n) is 7.12. The highest BCUT2D eigenvalue weighted by Crippen LogP contribution is 2.23. The Morgan fingerprint density at radius 2 is 1.88 bits per heavy atom. The van der Waals surface area contributed by atoms with E-state index < -0.39 is 0 Å². The van der Waals surface area contributed by atoms with E-state index in [2.05, 4.69) is 28.6 Å². The van der Waals surface area contributed by atoms with Gasteiger partial charge < -0.3 is 14.0 Å². The third kappa shape index (κ3) is 2.81. The van der Waals surface area contributed by atoms with Crippen molar-refractivity contribution < 1.29 is 4.79 Å². The van der Waals surface area contributed by atoms with Gasteiger partial charge >= 0.3 is 0 Å². The summed E-state index contributed by atoms with van der Waals surface area (Å²) in [6.07, 6.45) is 3.92. The Kier molecular flexibility index (Phi) is 4.11. The zero-order valence-electron chi connectivity index (χ0n) is 15.4. The minimum atomic E-state index is 0.0396. The minimum absolute atomic E-state index is 0.0396. The highest BCUT2D eigenvalue weighted by molar-refractivity contribution is 5.98. The molecule has 6 heteroatoms. The van der Waals surface area contributed by atoms with E-state index in [9.17, 15) is 4.79 Å². The minimum Gasteiger partial charge on any atom is -0.329 e. The van der Waals surface area contributed by atoms with Gasteiger partial charge in [-0.15, -0.1) is 10.2 Å². The molecule has 0 spiro atoms. The first-order chi connectivity index (χ1) is 12.5.